The van der Waals surface area contributed by atoms with Crippen LogP contribution < -0.4 is 9.62 Å². The summed E-state index contributed by atoms with van der Waals surface area (Å²) in [5.74, 6) is -0.955. The molecule has 0 aliphatic heterocycles. The van der Waals surface area contributed by atoms with E-state index < -0.39 is 34.1 Å². The number of hydrogen-bond donors (Lipinski definition) is 1. The molecule has 3 rings (SSSR count). The first kappa shape index (κ1) is 29.5. The maximum Gasteiger partial charge on any atom is 0.264 e. The molecule has 0 aliphatic carbocycles. The molecule has 3 aromatic carbocycles. The van der Waals surface area contributed by atoms with Gasteiger partial charge in [-0.2, -0.15) is 0 Å². The van der Waals surface area contributed by atoms with Crippen LogP contribution in [0.15, 0.2) is 83.8 Å². The molecule has 0 heterocycles. The zero-order valence-electron chi connectivity index (χ0n) is 21.7. The van der Waals surface area contributed by atoms with Crippen molar-refractivity contribution in [3.63, 3.8) is 0 Å². The van der Waals surface area contributed by atoms with Crippen molar-refractivity contribution in [2.24, 2.45) is 0 Å². The number of halogens is 2. The number of sulfonamides is 1. The number of amides is 2. The van der Waals surface area contributed by atoms with Crippen LogP contribution in [0.3, 0.4) is 0 Å². The van der Waals surface area contributed by atoms with Crippen LogP contribution in [0.2, 0.25) is 10.0 Å². The minimum absolute atomic E-state index is 0.0262. The SMILES string of the molecule is C[C@H](C(=O)NC(C)(C)C)N(Cc1ccc(Cl)cc1Cl)C(=O)CN(c1ccccc1)S(=O)(=O)c1ccccc1. The number of para-hydroxylation sites is 1. The second-order valence-electron chi connectivity index (χ2n) is 9.83. The summed E-state index contributed by atoms with van der Waals surface area (Å²) in [5.41, 5.74) is 0.350. The lowest BCUT2D eigenvalue weighted by Crippen LogP contribution is -2.54. The van der Waals surface area contributed by atoms with E-state index in [1.807, 2.05) is 20.8 Å². The van der Waals surface area contributed by atoms with Crippen LogP contribution in [0, 0.1) is 0 Å². The van der Waals surface area contributed by atoms with Gasteiger partial charge in [-0.15, -0.1) is 0 Å². The lowest BCUT2D eigenvalue weighted by molar-refractivity contribution is -0.140. The highest BCUT2D eigenvalue weighted by Crippen LogP contribution is 2.26. The summed E-state index contributed by atoms with van der Waals surface area (Å²) < 4.78 is 28.4. The molecule has 0 unspecified atom stereocenters. The van der Waals surface area contributed by atoms with E-state index in [1.54, 1.807) is 73.7 Å². The van der Waals surface area contributed by atoms with E-state index in [4.69, 9.17) is 23.2 Å². The Morgan fingerprint density at radius 1 is 0.921 bits per heavy atom. The predicted octanol–water partition coefficient (Wildman–Crippen LogP) is 5.52. The Morgan fingerprint density at radius 2 is 1.50 bits per heavy atom. The molecule has 0 fully saturated rings. The molecule has 0 saturated heterocycles. The van der Waals surface area contributed by atoms with Crippen LogP contribution >= 0.6 is 23.2 Å². The molecule has 3 aromatic rings. The van der Waals surface area contributed by atoms with Gasteiger partial charge in [-0.05, 0) is 69.7 Å². The fourth-order valence-corrected chi connectivity index (χ4v) is 5.64. The largest absolute Gasteiger partial charge is 0.350 e. The first-order valence-electron chi connectivity index (χ1n) is 12.0. The Kier molecular flexibility index (Phi) is 9.46. The van der Waals surface area contributed by atoms with Crippen LogP contribution in [0.1, 0.15) is 33.3 Å². The monoisotopic (exact) mass is 575 g/mol. The van der Waals surface area contributed by atoms with Crippen molar-refractivity contribution >= 4 is 50.7 Å². The van der Waals surface area contributed by atoms with E-state index in [0.29, 0.717) is 21.3 Å². The number of carbonyl (C=O) groups excluding carboxylic acids is 2. The minimum Gasteiger partial charge on any atom is -0.350 e. The highest BCUT2D eigenvalue weighted by atomic mass is 35.5. The van der Waals surface area contributed by atoms with Gasteiger partial charge in [0.25, 0.3) is 10.0 Å². The van der Waals surface area contributed by atoms with Gasteiger partial charge in [-0.1, -0.05) is 65.7 Å². The van der Waals surface area contributed by atoms with Crippen molar-refractivity contribution in [2.75, 3.05) is 10.8 Å². The van der Waals surface area contributed by atoms with E-state index in [2.05, 4.69) is 5.32 Å². The van der Waals surface area contributed by atoms with Gasteiger partial charge in [0, 0.05) is 22.1 Å². The lowest BCUT2D eigenvalue weighted by Gasteiger charge is -2.33. The van der Waals surface area contributed by atoms with Gasteiger partial charge in [0.1, 0.15) is 12.6 Å². The Bertz CT molecular complexity index is 1380. The average molecular weight is 577 g/mol. The van der Waals surface area contributed by atoms with Crippen LogP contribution in [-0.4, -0.2) is 43.3 Å². The van der Waals surface area contributed by atoms with Crippen molar-refractivity contribution < 1.29 is 18.0 Å². The van der Waals surface area contributed by atoms with Gasteiger partial charge in [0.15, 0.2) is 0 Å². The zero-order valence-corrected chi connectivity index (χ0v) is 24.0. The molecule has 1 atom stereocenters. The van der Waals surface area contributed by atoms with Crippen LogP contribution in [0.5, 0.6) is 0 Å². The van der Waals surface area contributed by atoms with E-state index in [-0.39, 0.29) is 17.3 Å². The number of benzene rings is 3. The molecule has 1 N–H and O–H groups in total. The van der Waals surface area contributed by atoms with Crippen molar-refractivity contribution in [3.8, 4) is 0 Å². The normalized spacial score (nSPS) is 12.5. The quantitative estimate of drug-likeness (QED) is 0.364. The Morgan fingerprint density at radius 3 is 2.05 bits per heavy atom. The van der Waals surface area contributed by atoms with Gasteiger partial charge < -0.3 is 10.2 Å². The summed E-state index contributed by atoms with van der Waals surface area (Å²) >= 11 is 12.4. The fraction of sp³-hybridized carbons (Fsp3) is 0.286. The third-order valence-electron chi connectivity index (χ3n) is 5.68. The van der Waals surface area contributed by atoms with Gasteiger partial charge in [-0.25, -0.2) is 8.42 Å². The summed E-state index contributed by atoms with van der Waals surface area (Å²) in [5, 5.41) is 3.65. The molecule has 0 aromatic heterocycles. The first-order valence-corrected chi connectivity index (χ1v) is 14.2. The lowest BCUT2D eigenvalue weighted by atomic mass is 10.1. The van der Waals surface area contributed by atoms with Crippen molar-refractivity contribution in [1.82, 2.24) is 10.2 Å². The van der Waals surface area contributed by atoms with Crippen molar-refractivity contribution in [3.05, 3.63) is 94.5 Å². The second kappa shape index (κ2) is 12.2. The first-order chi connectivity index (χ1) is 17.8. The second-order valence-corrected chi connectivity index (χ2v) is 12.5. The average Bonchev–Trinajstić information content (AvgIpc) is 2.86. The van der Waals surface area contributed by atoms with Crippen molar-refractivity contribution in [2.45, 2.75) is 50.7 Å². The molecule has 0 spiro atoms. The molecular formula is C28H31Cl2N3O4S. The Labute approximate surface area is 234 Å². The minimum atomic E-state index is -4.10. The standard InChI is InChI=1S/C28H31Cl2N3O4S/c1-20(27(35)31-28(2,3)4)32(18-21-15-16-22(29)17-25(21)30)26(34)19-33(23-11-7-5-8-12-23)38(36,37)24-13-9-6-10-14-24/h5-17,20H,18-19H2,1-4H3,(H,31,35)/t20-/m1/s1. The van der Waals surface area contributed by atoms with Gasteiger partial charge in [0.2, 0.25) is 11.8 Å². The highest BCUT2D eigenvalue weighted by molar-refractivity contribution is 7.92. The summed E-state index contributed by atoms with van der Waals surface area (Å²) in [4.78, 5) is 28.4. The number of rotatable bonds is 9. The number of nitrogens with zero attached hydrogens (tertiary/aromatic N) is 2. The smallest absolute Gasteiger partial charge is 0.264 e. The molecule has 0 aliphatic rings. The molecule has 7 nitrogen and oxygen atoms in total. The molecule has 0 radical (unpaired) electrons. The number of carbonyl (C=O) groups is 2. The summed E-state index contributed by atoms with van der Waals surface area (Å²) in [7, 11) is -4.10. The molecule has 10 heteroatoms. The number of anilines is 1. The van der Waals surface area contributed by atoms with Crippen LogP contribution in [0.4, 0.5) is 5.69 Å². The molecule has 202 valence electrons. The molecule has 0 bridgehead atoms. The Hall–Kier alpha value is -3.07. The van der Waals surface area contributed by atoms with Crippen LogP contribution in [-0.2, 0) is 26.2 Å². The van der Waals surface area contributed by atoms with Crippen LogP contribution in [0.25, 0.3) is 0 Å². The van der Waals surface area contributed by atoms with E-state index in [1.165, 1.54) is 17.0 Å². The Balaban J connectivity index is 2.02. The third kappa shape index (κ3) is 7.49. The highest BCUT2D eigenvalue weighted by Gasteiger charge is 2.33. The molecule has 0 saturated carbocycles. The van der Waals surface area contributed by atoms with E-state index in [9.17, 15) is 18.0 Å². The maximum absolute atomic E-state index is 13.9. The number of nitrogens with one attached hydrogen (secondary N) is 1. The van der Waals surface area contributed by atoms with Gasteiger partial charge in [0.05, 0.1) is 10.6 Å². The van der Waals surface area contributed by atoms with Gasteiger partial charge >= 0.3 is 0 Å². The van der Waals surface area contributed by atoms with Crippen molar-refractivity contribution in [1.29, 1.82) is 0 Å². The summed E-state index contributed by atoms with van der Waals surface area (Å²) in [6, 6.07) is 20.2. The topological polar surface area (TPSA) is 86.8 Å². The predicted molar refractivity (Wildman–Crippen MR) is 152 cm³/mol. The van der Waals surface area contributed by atoms with E-state index in [0.717, 1.165) is 4.31 Å². The number of hydrogen-bond acceptors (Lipinski definition) is 4. The van der Waals surface area contributed by atoms with E-state index >= 15 is 0 Å². The maximum atomic E-state index is 13.9. The van der Waals surface area contributed by atoms with Gasteiger partial charge in [-0.3, -0.25) is 13.9 Å². The molecular weight excluding hydrogens is 545 g/mol. The summed E-state index contributed by atoms with van der Waals surface area (Å²) in [6.45, 7) is 6.55. The zero-order chi connectivity index (χ0) is 28.1. The fourth-order valence-electron chi connectivity index (χ4n) is 3.73. The summed E-state index contributed by atoms with van der Waals surface area (Å²) in [6.07, 6.45) is 0. The molecule has 2 amide bonds. The molecule has 38 heavy (non-hydrogen) atoms. The third-order valence-corrected chi connectivity index (χ3v) is 8.05.